The number of phenols is 1. The normalized spacial score (nSPS) is 10.8. The Balaban J connectivity index is 2.16. The summed E-state index contributed by atoms with van der Waals surface area (Å²) >= 11 is 6.64. The molecule has 2 rings (SSSR count). The summed E-state index contributed by atoms with van der Waals surface area (Å²) in [4.78, 5) is 16.0. The molecule has 2 N–H and O–H groups in total. The third kappa shape index (κ3) is 4.33. The van der Waals surface area contributed by atoms with E-state index in [4.69, 9.17) is 4.74 Å². The van der Waals surface area contributed by atoms with E-state index in [9.17, 15) is 9.90 Å². The van der Waals surface area contributed by atoms with E-state index < -0.39 is 0 Å². The lowest BCUT2D eigenvalue weighted by molar-refractivity contribution is 0.0955. The standard InChI is InChI=1S/C16H15Br2N3O3/c1-3-24-12-6-11(13(17)14(18)15(12)22)8-20-21-16(23)10-5-4-9(2)19-7-10/h4-8,22H,3H2,1-2H3,(H,21,23)/b20-8-. The molecule has 0 saturated heterocycles. The molecule has 0 aliphatic carbocycles. The van der Waals surface area contributed by atoms with Crippen LogP contribution in [0.4, 0.5) is 0 Å². The van der Waals surface area contributed by atoms with Crippen molar-refractivity contribution in [3.05, 3.63) is 50.2 Å². The van der Waals surface area contributed by atoms with Gasteiger partial charge in [0.05, 0.1) is 22.9 Å². The minimum atomic E-state index is -0.363. The van der Waals surface area contributed by atoms with Gasteiger partial charge in [-0.1, -0.05) is 0 Å². The smallest absolute Gasteiger partial charge is 0.272 e. The molecule has 0 saturated carbocycles. The Morgan fingerprint density at radius 2 is 2.17 bits per heavy atom. The van der Waals surface area contributed by atoms with Crippen molar-refractivity contribution in [3.8, 4) is 11.5 Å². The first-order chi connectivity index (χ1) is 11.4. The second-order valence-electron chi connectivity index (χ2n) is 4.76. The van der Waals surface area contributed by atoms with E-state index >= 15 is 0 Å². The maximum Gasteiger partial charge on any atom is 0.272 e. The summed E-state index contributed by atoms with van der Waals surface area (Å²) in [6.45, 7) is 4.07. The van der Waals surface area contributed by atoms with Crippen molar-refractivity contribution in [2.24, 2.45) is 5.10 Å². The SMILES string of the molecule is CCOc1cc(/C=N\NC(=O)c2ccc(C)nc2)c(Br)c(Br)c1O. The maximum absolute atomic E-state index is 12.0. The molecule has 24 heavy (non-hydrogen) atoms. The number of carbonyl (C=O) groups excluding carboxylic acids is 1. The monoisotopic (exact) mass is 455 g/mol. The number of hydrogen-bond acceptors (Lipinski definition) is 5. The van der Waals surface area contributed by atoms with Crippen LogP contribution in [0.5, 0.6) is 11.5 Å². The van der Waals surface area contributed by atoms with Gasteiger partial charge in [-0.15, -0.1) is 0 Å². The van der Waals surface area contributed by atoms with E-state index in [1.165, 1.54) is 12.4 Å². The summed E-state index contributed by atoms with van der Waals surface area (Å²) in [5.41, 5.74) is 4.31. The molecule has 0 atom stereocenters. The van der Waals surface area contributed by atoms with Crippen LogP contribution in [0.2, 0.25) is 0 Å². The summed E-state index contributed by atoms with van der Waals surface area (Å²) in [6, 6.07) is 5.05. The number of halogens is 2. The molecule has 1 aromatic heterocycles. The molecule has 0 fully saturated rings. The fourth-order valence-electron chi connectivity index (χ4n) is 1.80. The molecule has 6 nitrogen and oxygen atoms in total. The average molecular weight is 457 g/mol. The first-order valence-corrected chi connectivity index (χ1v) is 8.62. The number of amides is 1. The number of phenolic OH excluding ortho intramolecular Hbond substituents is 1. The molecule has 0 aliphatic heterocycles. The summed E-state index contributed by atoms with van der Waals surface area (Å²) in [7, 11) is 0. The Morgan fingerprint density at radius 1 is 1.42 bits per heavy atom. The van der Waals surface area contributed by atoms with Crippen molar-refractivity contribution in [1.29, 1.82) is 0 Å². The number of aromatic hydroxyl groups is 1. The zero-order chi connectivity index (χ0) is 17.7. The number of pyridine rings is 1. The number of ether oxygens (including phenoxy) is 1. The Morgan fingerprint density at radius 3 is 2.79 bits per heavy atom. The van der Waals surface area contributed by atoms with Crippen LogP contribution in [-0.4, -0.2) is 28.8 Å². The van der Waals surface area contributed by atoms with Crippen molar-refractivity contribution in [3.63, 3.8) is 0 Å². The van der Waals surface area contributed by atoms with Crippen LogP contribution in [0, 0.1) is 6.92 Å². The zero-order valence-corrected chi connectivity index (χ0v) is 16.2. The summed E-state index contributed by atoms with van der Waals surface area (Å²) in [6.07, 6.45) is 2.94. The van der Waals surface area contributed by atoms with Gasteiger partial charge in [0.25, 0.3) is 5.91 Å². The van der Waals surface area contributed by atoms with Gasteiger partial charge < -0.3 is 9.84 Å². The topological polar surface area (TPSA) is 83.8 Å². The van der Waals surface area contributed by atoms with E-state index in [1.807, 2.05) is 13.8 Å². The number of aromatic nitrogens is 1. The molecule has 1 amide bonds. The molecule has 1 heterocycles. The highest BCUT2D eigenvalue weighted by molar-refractivity contribution is 9.13. The van der Waals surface area contributed by atoms with Crippen molar-refractivity contribution >= 4 is 44.0 Å². The van der Waals surface area contributed by atoms with Crippen molar-refractivity contribution in [2.75, 3.05) is 6.61 Å². The Kier molecular flexibility index (Phi) is 6.33. The molecule has 1 aromatic carbocycles. The number of hydrazone groups is 1. The van der Waals surface area contributed by atoms with Gasteiger partial charge in [0.15, 0.2) is 11.5 Å². The average Bonchev–Trinajstić information content (AvgIpc) is 2.57. The van der Waals surface area contributed by atoms with Gasteiger partial charge in [0.2, 0.25) is 0 Å². The van der Waals surface area contributed by atoms with E-state index in [1.54, 1.807) is 18.2 Å². The molecular weight excluding hydrogens is 442 g/mol. The predicted molar refractivity (Wildman–Crippen MR) is 98.7 cm³/mol. The highest BCUT2D eigenvalue weighted by Crippen LogP contribution is 2.41. The molecule has 0 spiro atoms. The van der Waals surface area contributed by atoms with Crippen molar-refractivity contribution in [2.45, 2.75) is 13.8 Å². The first-order valence-electron chi connectivity index (χ1n) is 7.03. The molecular formula is C16H15Br2N3O3. The summed E-state index contributed by atoms with van der Waals surface area (Å²) < 4.78 is 6.41. The highest BCUT2D eigenvalue weighted by Gasteiger charge is 2.14. The second-order valence-corrected chi connectivity index (χ2v) is 6.35. The fraction of sp³-hybridized carbons (Fsp3) is 0.188. The molecule has 0 bridgehead atoms. The molecule has 8 heteroatoms. The van der Waals surface area contributed by atoms with Gasteiger partial charge in [0.1, 0.15) is 0 Å². The van der Waals surface area contributed by atoms with Crippen LogP contribution < -0.4 is 10.2 Å². The van der Waals surface area contributed by atoms with Gasteiger partial charge >= 0.3 is 0 Å². The predicted octanol–water partition coefficient (Wildman–Crippen LogP) is 3.78. The fourth-order valence-corrected chi connectivity index (χ4v) is 2.63. The minimum Gasteiger partial charge on any atom is -0.503 e. The van der Waals surface area contributed by atoms with Crippen LogP contribution in [0.3, 0.4) is 0 Å². The zero-order valence-electron chi connectivity index (χ0n) is 13.0. The van der Waals surface area contributed by atoms with Crippen LogP contribution >= 0.6 is 31.9 Å². The Labute approximate surface area is 156 Å². The van der Waals surface area contributed by atoms with Crippen molar-refractivity contribution < 1.29 is 14.6 Å². The van der Waals surface area contributed by atoms with Gasteiger partial charge in [-0.25, -0.2) is 5.43 Å². The number of benzene rings is 1. The molecule has 0 aliphatic rings. The van der Waals surface area contributed by atoms with E-state index in [-0.39, 0.29) is 11.7 Å². The summed E-state index contributed by atoms with van der Waals surface area (Å²) in [5.74, 6) is -0.0449. The lowest BCUT2D eigenvalue weighted by atomic mass is 10.2. The highest BCUT2D eigenvalue weighted by atomic mass is 79.9. The van der Waals surface area contributed by atoms with E-state index in [0.29, 0.717) is 32.4 Å². The molecule has 2 aromatic rings. The third-order valence-corrected chi connectivity index (χ3v) is 5.18. The number of rotatable bonds is 5. The molecule has 126 valence electrons. The largest absolute Gasteiger partial charge is 0.503 e. The number of aryl methyl sites for hydroxylation is 1. The molecule has 0 radical (unpaired) electrons. The minimum absolute atomic E-state index is 0.00404. The van der Waals surface area contributed by atoms with Gasteiger partial charge in [0, 0.05) is 21.9 Å². The Bertz CT molecular complexity index is 777. The third-order valence-electron chi connectivity index (χ3n) is 3.02. The van der Waals surface area contributed by atoms with E-state index in [0.717, 1.165) is 5.69 Å². The van der Waals surface area contributed by atoms with Crippen LogP contribution in [0.15, 0.2) is 38.4 Å². The maximum atomic E-state index is 12.0. The Hall–Kier alpha value is -1.93. The lowest BCUT2D eigenvalue weighted by Gasteiger charge is -2.10. The molecule has 0 unspecified atom stereocenters. The number of nitrogens with one attached hydrogen (secondary N) is 1. The number of nitrogens with zero attached hydrogens (tertiary/aromatic N) is 2. The second kappa shape index (κ2) is 8.25. The summed E-state index contributed by atoms with van der Waals surface area (Å²) in [5, 5.41) is 13.9. The van der Waals surface area contributed by atoms with Crippen LogP contribution in [0.25, 0.3) is 0 Å². The quantitative estimate of drug-likeness (QED) is 0.529. The van der Waals surface area contributed by atoms with Crippen LogP contribution in [-0.2, 0) is 0 Å². The van der Waals surface area contributed by atoms with Gasteiger partial charge in [-0.05, 0) is 63.9 Å². The van der Waals surface area contributed by atoms with Crippen molar-refractivity contribution in [1.82, 2.24) is 10.4 Å². The van der Waals surface area contributed by atoms with Gasteiger partial charge in [-0.3, -0.25) is 9.78 Å². The number of carbonyl (C=O) groups is 1. The number of hydrogen-bond donors (Lipinski definition) is 2. The van der Waals surface area contributed by atoms with Crippen LogP contribution in [0.1, 0.15) is 28.5 Å². The van der Waals surface area contributed by atoms with Gasteiger partial charge in [-0.2, -0.15) is 5.10 Å². The lowest BCUT2D eigenvalue weighted by Crippen LogP contribution is -2.17. The first kappa shape index (κ1) is 18.4. The van der Waals surface area contributed by atoms with E-state index in [2.05, 4.69) is 47.4 Å².